The molecule has 1 heterocycles. The molecule has 1 aromatic heterocycles. The van der Waals surface area contributed by atoms with Gasteiger partial charge in [0.15, 0.2) is 0 Å². The quantitative estimate of drug-likeness (QED) is 0.911. The van der Waals surface area contributed by atoms with Crippen LogP contribution in [-0.2, 0) is 11.3 Å². The van der Waals surface area contributed by atoms with E-state index in [9.17, 15) is 4.79 Å². The molecular formula is C15H18N2OS. The zero-order valence-electron chi connectivity index (χ0n) is 11.2. The molecule has 0 fully saturated rings. The van der Waals surface area contributed by atoms with E-state index in [1.807, 2.05) is 43.5 Å². The van der Waals surface area contributed by atoms with Gasteiger partial charge in [-0.25, -0.2) is 0 Å². The molecule has 0 spiro atoms. The summed E-state index contributed by atoms with van der Waals surface area (Å²) in [5, 5.41) is 4.10. The normalized spacial score (nSPS) is 12.3. The van der Waals surface area contributed by atoms with E-state index in [1.165, 1.54) is 0 Å². The summed E-state index contributed by atoms with van der Waals surface area (Å²) < 4.78 is 0. The molecule has 0 bridgehead atoms. The molecular weight excluding hydrogens is 256 g/mol. The van der Waals surface area contributed by atoms with Gasteiger partial charge < -0.3 is 5.32 Å². The van der Waals surface area contributed by atoms with Crippen molar-refractivity contribution in [1.82, 2.24) is 10.3 Å². The van der Waals surface area contributed by atoms with E-state index in [0.29, 0.717) is 6.54 Å². The number of pyridine rings is 1. The lowest BCUT2D eigenvalue weighted by Crippen LogP contribution is -2.29. The van der Waals surface area contributed by atoms with Crippen molar-refractivity contribution in [2.24, 2.45) is 5.92 Å². The Hall–Kier alpha value is -1.55. The Morgan fingerprint density at radius 2 is 2.16 bits per heavy atom. The van der Waals surface area contributed by atoms with Gasteiger partial charge >= 0.3 is 0 Å². The van der Waals surface area contributed by atoms with Gasteiger partial charge in [0.25, 0.3) is 0 Å². The van der Waals surface area contributed by atoms with E-state index >= 15 is 0 Å². The van der Waals surface area contributed by atoms with Crippen molar-refractivity contribution in [3.63, 3.8) is 0 Å². The summed E-state index contributed by atoms with van der Waals surface area (Å²) in [7, 11) is 0. The first-order valence-electron chi connectivity index (χ1n) is 6.31. The van der Waals surface area contributed by atoms with Gasteiger partial charge in [-0.3, -0.25) is 9.78 Å². The topological polar surface area (TPSA) is 42.0 Å². The maximum absolute atomic E-state index is 11.9. The zero-order chi connectivity index (χ0) is 13.7. The second-order valence-corrected chi connectivity index (χ2v) is 5.47. The van der Waals surface area contributed by atoms with Crippen molar-refractivity contribution in [2.75, 3.05) is 12.0 Å². The summed E-state index contributed by atoms with van der Waals surface area (Å²) in [5.74, 6) is 1.00. The lowest BCUT2D eigenvalue weighted by atomic mass is 10.1. The first-order valence-corrected chi connectivity index (χ1v) is 7.71. The monoisotopic (exact) mass is 274 g/mol. The first-order chi connectivity index (χ1) is 9.22. The molecule has 4 heteroatoms. The van der Waals surface area contributed by atoms with E-state index in [2.05, 4.69) is 10.3 Å². The second-order valence-electron chi connectivity index (χ2n) is 4.56. The van der Waals surface area contributed by atoms with Crippen LogP contribution < -0.4 is 5.32 Å². The minimum Gasteiger partial charge on any atom is -0.352 e. The van der Waals surface area contributed by atoms with Crippen molar-refractivity contribution < 1.29 is 4.79 Å². The predicted octanol–water partition coefficient (Wildman–Crippen LogP) is 2.85. The first kappa shape index (κ1) is 13.9. The van der Waals surface area contributed by atoms with E-state index in [0.717, 1.165) is 22.2 Å². The Labute approximate surface area is 117 Å². The van der Waals surface area contributed by atoms with E-state index in [4.69, 9.17) is 0 Å². The number of amides is 1. The Bertz CT molecular complexity index is 566. The van der Waals surface area contributed by atoms with Gasteiger partial charge in [0.1, 0.15) is 0 Å². The third-order valence-corrected chi connectivity index (χ3v) is 3.89. The van der Waals surface area contributed by atoms with Crippen LogP contribution in [0.15, 0.2) is 36.5 Å². The highest BCUT2D eigenvalue weighted by Gasteiger charge is 2.12. The highest BCUT2D eigenvalue weighted by Crippen LogP contribution is 2.16. The SMILES string of the molecule is CSCC(C)C(=O)NCc1ccnc2ccccc12. The Morgan fingerprint density at radius 1 is 1.37 bits per heavy atom. The number of benzene rings is 1. The zero-order valence-corrected chi connectivity index (χ0v) is 12.0. The fourth-order valence-electron chi connectivity index (χ4n) is 1.99. The maximum atomic E-state index is 11.9. The Kier molecular flexibility index (Phi) is 4.80. The second kappa shape index (κ2) is 6.57. The van der Waals surface area contributed by atoms with Crippen LogP contribution in [0, 0.1) is 5.92 Å². The molecule has 19 heavy (non-hydrogen) atoms. The number of nitrogens with zero attached hydrogens (tertiary/aromatic N) is 1. The van der Waals surface area contributed by atoms with Gasteiger partial charge in [-0.15, -0.1) is 0 Å². The number of fused-ring (bicyclic) bond motifs is 1. The summed E-state index contributed by atoms with van der Waals surface area (Å²) >= 11 is 1.69. The van der Waals surface area contributed by atoms with Gasteiger partial charge in [0.2, 0.25) is 5.91 Å². The summed E-state index contributed by atoms with van der Waals surface area (Å²) in [4.78, 5) is 16.2. The number of carbonyl (C=O) groups is 1. The van der Waals surface area contributed by atoms with Gasteiger partial charge in [-0.1, -0.05) is 25.1 Å². The van der Waals surface area contributed by atoms with Crippen LogP contribution in [0.2, 0.25) is 0 Å². The van der Waals surface area contributed by atoms with Crippen LogP contribution in [0.4, 0.5) is 0 Å². The van der Waals surface area contributed by atoms with Crippen LogP contribution in [0.1, 0.15) is 12.5 Å². The van der Waals surface area contributed by atoms with Gasteiger partial charge in [-0.2, -0.15) is 11.8 Å². The molecule has 0 radical (unpaired) electrons. The van der Waals surface area contributed by atoms with Crippen LogP contribution in [0.25, 0.3) is 10.9 Å². The highest BCUT2D eigenvalue weighted by molar-refractivity contribution is 7.98. The van der Waals surface area contributed by atoms with Crippen molar-refractivity contribution in [2.45, 2.75) is 13.5 Å². The van der Waals surface area contributed by atoms with Crippen molar-refractivity contribution in [1.29, 1.82) is 0 Å². The third-order valence-electron chi connectivity index (χ3n) is 3.06. The number of thioether (sulfide) groups is 1. The van der Waals surface area contributed by atoms with Crippen molar-refractivity contribution in [3.8, 4) is 0 Å². The third kappa shape index (κ3) is 3.47. The molecule has 1 amide bonds. The van der Waals surface area contributed by atoms with Crippen LogP contribution in [0.3, 0.4) is 0 Å². The Balaban J connectivity index is 2.08. The molecule has 0 saturated carbocycles. The largest absolute Gasteiger partial charge is 0.352 e. The van der Waals surface area contributed by atoms with Crippen LogP contribution in [0.5, 0.6) is 0 Å². The highest BCUT2D eigenvalue weighted by atomic mass is 32.2. The molecule has 100 valence electrons. The molecule has 3 nitrogen and oxygen atoms in total. The summed E-state index contributed by atoms with van der Waals surface area (Å²) in [6.45, 7) is 2.51. The lowest BCUT2D eigenvalue weighted by Gasteiger charge is -2.12. The molecule has 0 aliphatic heterocycles. The summed E-state index contributed by atoms with van der Waals surface area (Å²) in [5.41, 5.74) is 2.07. The number of aromatic nitrogens is 1. The minimum absolute atomic E-state index is 0.0445. The van der Waals surface area contributed by atoms with Crippen LogP contribution >= 0.6 is 11.8 Å². The number of nitrogens with one attached hydrogen (secondary N) is 1. The lowest BCUT2D eigenvalue weighted by molar-refractivity contribution is -0.123. The average Bonchev–Trinajstić information content (AvgIpc) is 2.45. The average molecular weight is 274 g/mol. The number of para-hydroxylation sites is 1. The fraction of sp³-hybridized carbons (Fsp3) is 0.333. The summed E-state index contributed by atoms with van der Waals surface area (Å²) in [6.07, 6.45) is 3.80. The van der Waals surface area contributed by atoms with E-state index < -0.39 is 0 Å². The van der Waals surface area contributed by atoms with Crippen LogP contribution in [-0.4, -0.2) is 22.9 Å². The summed E-state index contributed by atoms with van der Waals surface area (Å²) in [6, 6.07) is 9.94. The number of carbonyl (C=O) groups excluding carboxylic acids is 1. The predicted molar refractivity (Wildman–Crippen MR) is 81.1 cm³/mol. The standard InChI is InChI=1S/C15H18N2OS/c1-11(10-19-2)15(18)17-9-12-7-8-16-14-6-4-3-5-13(12)14/h3-8,11H,9-10H2,1-2H3,(H,17,18). The van der Waals surface area contributed by atoms with E-state index in [-0.39, 0.29) is 11.8 Å². The molecule has 0 aliphatic rings. The molecule has 1 atom stereocenters. The molecule has 2 rings (SSSR count). The minimum atomic E-state index is 0.0445. The number of rotatable bonds is 5. The van der Waals surface area contributed by atoms with Crippen molar-refractivity contribution >= 4 is 28.6 Å². The van der Waals surface area contributed by atoms with Crippen molar-refractivity contribution in [3.05, 3.63) is 42.1 Å². The van der Waals surface area contributed by atoms with Gasteiger partial charge in [0, 0.05) is 29.8 Å². The number of hydrogen-bond donors (Lipinski definition) is 1. The smallest absolute Gasteiger partial charge is 0.223 e. The molecule has 2 aromatic rings. The molecule has 1 aromatic carbocycles. The maximum Gasteiger partial charge on any atom is 0.223 e. The molecule has 0 saturated heterocycles. The van der Waals surface area contributed by atoms with E-state index in [1.54, 1.807) is 18.0 Å². The number of hydrogen-bond acceptors (Lipinski definition) is 3. The van der Waals surface area contributed by atoms with Gasteiger partial charge in [-0.05, 0) is 24.0 Å². The molecule has 1 N–H and O–H groups in total. The van der Waals surface area contributed by atoms with Gasteiger partial charge in [0.05, 0.1) is 5.52 Å². The fourth-order valence-corrected chi connectivity index (χ4v) is 2.64. The Morgan fingerprint density at radius 3 is 2.95 bits per heavy atom. The molecule has 0 aliphatic carbocycles. The molecule has 1 unspecified atom stereocenters.